The summed E-state index contributed by atoms with van der Waals surface area (Å²) in [5.74, 6) is -0.644. The van der Waals surface area contributed by atoms with Gasteiger partial charge in [0.2, 0.25) is 6.79 Å². The van der Waals surface area contributed by atoms with Crippen LogP contribution in [0.5, 0.6) is 11.5 Å². The molecule has 146 valence electrons. The molecule has 0 unspecified atom stereocenters. The minimum atomic E-state index is -0.730. The summed E-state index contributed by atoms with van der Waals surface area (Å²) in [5, 5.41) is 5.60. The van der Waals surface area contributed by atoms with Crippen molar-refractivity contribution >= 4 is 29.4 Å². The lowest BCUT2D eigenvalue weighted by atomic mass is 10.2. The number of rotatable bonds is 7. The molecule has 9 heteroatoms. The second-order valence-corrected chi connectivity index (χ2v) is 6.25. The first-order chi connectivity index (χ1) is 13.5. The predicted octanol–water partition coefficient (Wildman–Crippen LogP) is 1.66. The van der Waals surface area contributed by atoms with E-state index in [9.17, 15) is 14.4 Å². The molecule has 0 aliphatic carbocycles. The zero-order chi connectivity index (χ0) is 19.9. The average Bonchev–Trinajstić information content (AvgIpc) is 3.16. The summed E-state index contributed by atoms with van der Waals surface area (Å²) in [7, 11) is 0. The minimum absolute atomic E-state index is 0.103. The van der Waals surface area contributed by atoms with E-state index in [-0.39, 0.29) is 19.9 Å². The van der Waals surface area contributed by atoms with Crippen molar-refractivity contribution in [1.82, 2.24) is 10.6 Å². The monoisotopic (exact) mass is 404 g/mol. The molecule has 1 aliphatic rings. The quantitative estimate of drug-likeness (QED) is 0.680. The number of esters is 1. The molecule has 2 aromatic rings. The fourth-order valence-corrected chi connectivity index (χ4v) is 2.60. The van der Waals surface area contributed by atoms with Crippen molar-refractivity contribution in [2.24, 2.45) is 0 Å². The van der Waals surface area contributed by atoms with Crippen molar-refractivity contribution in [1.29, 1.82) is 0 Å². The van der Waals surface area contributed by atoms with E-state index >= 15 is 0 Å². The maximum atomic E-state index is 12.1. The van der Waals surface area contributed by atoms with E-state index in [1.165, 1.54) is 6.07 Å². The summed E-state index contributed by atoms with van der Waals surface area (Å²) in [6, 6.07) is 11.7. The molecule has 28 heavy (non-hydrogen) atoms. The van der Waals surface area contributed by atoms with Crippen LogP contribution in [0.4, 0.5) is 0 Å². The van der Waals surface area contributed by atoms with Crippen molar-refractivity contribution < 1.29 is 28.6 Å². The highest BCUT2D eigenvalue weighted by molar-refractivity contribution is 6.30. The number of fused-ring (bicyclic) bond motifs is 1. The molecule has 0 saturated heterocycles. The Morgan fingerprint density at radius 2 is 1.86 bits per heavy atom. The second kappa shape index (κ2) is 9.09. The maximum Gasteiger partial charge on any atom is 0.325 e. The molecule has 0 fully saturated rings. The molecular weight excluding hydrogens is 388 g/mol. The molecule has 0 spiro atoms. The van der Waals surface area contributed by atoms with Crippen LogP contribution in [0.1, 0.15) is 15.9 Å². The van der Waals surface area contributed by atoms with E-state index in [2.05, 4.69) is 10.6 Å². The summed E-state index contributed by atoms with van der Waals surface area (Å²) in [4.78, 5) is 35.5. The number of ether oxygens (including phenoxy) is 3. The number of benzene rings is 2. The summed E-state index contributed by atoms with van der Waals surface area (Å²) in [5.41, 5.74) is 1.14. The molecule has 0 saturated carbocycles. The van der Waals surface area contributed by atoms with Gasteiger partial charge in [-0.25, -0.2) is 0 Å². The topological polar surface area (TPSA) is 103 Å². The Morgan fingerprint density at radius 1 is 1.04 bits per heavy atom. The normalized spacial score (nSPS) is 11.6. The Kier molecular flexibility index (Phi) is 6.33. The van der Waals surface area contributed by atoms with Crippen LogP contribution in [-0.2, 0) is 20.9 Å². The van der Waals surface area contributed by atoms with E-state index in [0.717, 1.165) is 5.56 Å². The van der Waals surface area contributed by atoms with Crippen molar-refractivity contribution in [3.63, 3.8) is 0 Å². The highest BCUT2D eigenvalue weighted by atomic mass is 35.5. The first kappa shape index (κ1) is 19.5. The third kappa shape index (κ3) is 5.37. The van der Waals surface area contributed by atoms with Crippen molar-refractivity contribution in [2.45, 2.75) is 6.54 Å². The van der Waals surface area contributed by atoms with Crippen LogP contribution >= 0.6 is 11.6 Å². The third-order valence-corrected chi connectivity index (χ3v) is 4.01. The molecular formula is C19H17ClN2O6. The van der Waals surface area contributed by atoms with Gasteiger partial charge in [0.15, 0.2) is 18.1 Å². The van der Waals surface area contributed by atoms with Gasteiger partial charge in [0, 0.05) is 17.1 Å². The van der Waals surface area contributed by atoms with Gasteiger partial charge in [0.25, 0.3) is 11.8 Å². The van der Waals surface area contributed by atoms with Crippen LogP contribution in [0.25, 0.3) is 0 Å². The van der Waals surface area contributed by atoms with Crippen LogP contribution < -0.4 is 20.1 Å². The zero-order valence-electron chi connectivity index (χ0n) is 14.7. The molecule has 8 nitrogen and oxygen atoms in total. The number of hydrogen-bond donors (Lipinski definition) is 2. The lowest BCUT2D eigenvalue weighted by Gasteiger charge is -2.08. The smallest absolute Gasteiger partial charge is 0.325 e. The van der Waals surface area contributed by atoms with Gasteiger partial charge in [-0.1, -0.05) is 23.7 Å². The molecule has 0 atom stereocenters. The van der Waals surface area contributed by atoms with Crippen LogP contribution in [-0.4, -0.2) is 37.7 Å². The molecule has 0 bridgehead atoms. The van der Waals surface area contributed by atoms with Crippen molar-refractivity contribution in [3.8, 4) is 11.5 Å². The molecule has 1 heterocycles. The number of carbonyl (C=O) groups is 3. The first-order valence-corrected chi connectivity index (χ1v) is 8.73. The van der Waals surface area contributed by atoms with Gasteiger partial charge in [0.1, 0.15) is 6.54 Å². The summed E-state index contributed by atoms with van der Waals surface area (Å²) in [6.45, 7) is -0.446. The Labute approximate surface area is 165 Å². The molecule has 3 rings (SSSR count). The maximum absolute atomic E-state index is 12.1. The van der Waals surface area contributed by atoms with Gasteiger partial charge in [0.05, 0.1) is 0 Å². The lowest BCUT2D eigenvalue weighted by Crippen LogP contribution is -2.33. The third-order valence-electron chi connectivity index (χ3n) is 3.77. The first-order valence-electron chi connectivity index (χ1n) is 8.36. The predicted molar refractivity (Wildman–Crippen MR) is 99.2 cm³/mol. The number of carbonyl (C=O) groups excluding carboxylic acids is 3. The van der Waals surface area contributed by atoms with E-state index in [0.29, 0.717) is 22.1 Å². The van der Waals surface area contributed by atoms with Gasteiger partial charge in [-0.2, -0.15) is 0 Å². The van der Waals surface area contributed by atoms with E-state index in [1.54, 1.807) is 30.3 Å². The van der Waals surface area contributed by atoms with Gasteiger partial charge >= 0.3 is 5.97 Å². The van der Waals surface area contributed by atoms with Gasteiger partial charge in [-0.15, -0.1) is 0 Å². The Hall–Kier alpha value is -3.26. The molecule has 2 amide bonds. The Morgan fingerprint density at radius 3 is 2.68 bits per heavy atom. The highest BCUT2D eigenvalue weighted by Gasteiger charge is 2.17. The number of hydrogen-bond acceptors (Lipinski definition) is 6. The highest BCUT2D eigenvalue weighted by Crippen LogP contribution is 2.32. The zero-order valence-corrected chi connectivity index (χ0v) is 15.5. The fourth-order valence-electron chi connectivity index (χ4n) is 2.39. The van der Waals surface area contributed by atoms with E-state index in [4.69, 9.17) is 25.8 Å². The summed E-state index contributed by atoms with van der Waals surface area (Å²) >= 11 is 5.87. The SMILES string of the molecule is O=C(COC(=O)CNC(=O)c1ccc2c(c1)OCO2)NCc1cccc(Cl)c1. The lowest BCUT2D eigenvalue weighted by molar-refractivity contribution is -0.147. The van der Waals surface area contributed by atoms with Crippen LogP contribution in [0, 0.1) is 0 Å². The molecule has 0 aromatic heterocycles. The molecule has 2 N–H and O–H groups in total. The van der Waals surface area contributed by atoms with Crippen LogP contribution in [0.15, 0.2) is 42.5 Å². The van der Waals surface area contributed by atoms with E-state index in [1.807, 2.05) is 6.07 Å². The number of nitrogens with one attached hydrogen (secondary N) is 2. The van der Waals surface area contributed by atoms with E-state index < -0.39 is 24.4 Å². The van der Waals surface area contributed by atoms with Crippen LogP contribution in [0.2, 0.25) is 5.02 Å². The average molecular weight is 405 g/mol. The van der Waals surface area contributed by atoms with Crippen molar-refractivity contribution in [3.05, 3.63) is 58.6 Å². The van der Waals surface area contributed by atoms with Gasteiger partial charge < -0.3 is 24.8 Å². The second-order valence-electron chi connectivity index (χ2n) is 5.82. The van der Waals surface area contributed by atoms with Crippen molar-refractivity contribution in [2.75, 3.05) is 19.9 Å². The van der Waals surface area contributed by atoms with Gasteiger partial charge in [-0.3, -0.25) is 14.4 Å². The molecule has 0 radical (unpaired) electrons. The molecule has 1 aliphatic heterocycles. The number of amides is 2. The number of halogens is 1. The Bertz CT molecular complexity index is 902. The minimum Gasteiger partial charge on any atom is -0.454 e. The van der Waals surface area contributed by atoms with Crippen LogP contribution in [0.3, 0.4) is 0 Å². The largest absolute Gasteiger partial charge is 0.454 e. The summed E-state index contributed by atoms with van der Waals surface area (Å²) < 4.78 is 15.2. The fraction of sp³-hybridized carbons (Fsp3) is 0.211. The Balaban J connectivity index is 1.37. The standard InChI is InChI=1S/C19H17ClN2O6/c20-14-3-1-2-12(6-14)8-21-17(23)10-26-18(24)9-22-19(25)13-4-5-15-16(7-13)28-11-27-15/h1-7H,8-11H2,(H,21,23)(H,22,25). The van der Waals surface area contributed by atoms with Gasteiger partial charge in [-0.05, 0) is 35.9 Å². The summed E-state index contributed by atoms with van der Waals surface area (Å²) in [6.07, 6.45) is 0. The molecule has 2 aromatic carbocycles.